The third-order valence-corrected chi connectivity index (χ3v) is 6.17. The molecule has 1 aliphatic rings. The quantitative estimate of drug-likeness (QED) is 0.535. The normalized spacial score (nSPS) is 14.5. The van der Waals surface area contributed by atoms with E-state index in [1.54, 1.807) is 23.7 Å². The van der Waals surface area contributed by atoms with Crippen LogP contribution in [-0.4, -0.2) is 42.9 Å². The van der Waals surface area contributed by atoms with Crippen molar-refractivity contribution in [1.29, 1.82) is 0 Å². The average molecular weight is 404 g/mol. The first kappa shape index (κ1) is 18.1. The largest absolute Gasteiger partial charge is 0.325 e. The molecule has 1 N–H and O–H groups in total. The van der Waals surface area contributed by atoms with Crippen LogP contribution in [0.1, 0.15) is 24.1 Å². The minimum atomic E-state index is 0.738. The molecule has 29 heavy (non-hydrogen) atoms. The SMILES string of the molecule is Cc1ccc(Nc2cc3nc(-c4cncnc4)sc3cn2)nc1CN1CCCC1. The number of fused-ring (bicyclic) bond motifs is 1. The summed E-state index contributed by atoms with van der Waals surface area (Å²) in [6, 6.07) is 6.08. The highest BCUT2D eigenvalue weighted by molar-refractivity contribution is 7.21. The van der Waals surface area contributed by atoms with Crippen molar-refractivity contribution in [3.8, 4) is 10.6 Å². The van der Waals surface area contributed by atoms with E-state index in [9.17, 15) is 0 Å². The Labute approximate surface area is 172 Å². The maximum Gasteiger partial charge on any atom is 0.133 e. The molecule has 7 nitrogen and oxygen atoms in total. The smallest absolute Gasteiger partial charge is 0.133 e. The predicted octanol–water partition coefficient (Wildman–Crippen LogP) is 4.19. The van der Waals surface area contributed by atoms with E-state index in [2.05, 4.69) is 38.2 Å². The van der Waals surface area contributed by atoms with Gasteiger partial charge in [-0.2, -0.15) is 0 Å². The van der Waals surface area contributed by atoms with E-state index in [0.29, 0.717) is 0 Å². The molecule has 0 bridgehead atoms. The second-order valence-corrected chi connectivity index (χ2v) is 8.28. The van der Waals surface area contributed by atoms with Crippen LogP contribution in [0.5, 0.6) is 0 Å². The highest BCUT2D eigenvalue weighted by Crippen LogP contribution is 2.30. The number of pyridine rings is 2. The molecule has 146 valence electrons. The number of hydrogen-bond donors (Lipinski definition) is 1. The lowest BCUT2D eigenvalue weighted by Crippen LogP contribution is -2.20. The summed E-state index contributed by atoms with van der Waals surface area (Å²) in [5.41, 5.74) is 4.16. The number of aromatic nitrogens is 5. The number of nitrogens with zero attached hydrogens (tertiary/aromatic N) is 6. The van der Waals surface area contributed by atoms with Crippen molar-refractivity contribution in [2.45, 2.75) is 26.3 Å². The number of nitrogens with one attached hydrogen (secondary N) is 1. The fraction of sp³-hybridized carbons (Fsp3) is 0.286. The molecule has 4 aromatic rings. The second-order valence-electron chi connectivity index (χ2n) is 7.25. The summed E-state index contributed by atoms with van der Waals surface area (Å²) in [5, 5.41) is 4.23. The van der Waals surface area contributed by atoms with Gasteiger partial charge in [0.05, 0.1) is 15.9 Å². The van der Waals surface area contributed by atoms with Gasteiger partial charge < -0.3 is 5.32 Å². The van der Waals surface area contributed by atoms with E-state index in [4.69, 9.17) is 9.97 Å². The maximum absolute atomic E-state index is 4.84. The van der Waals surface area contributed by atoms with Gasteiger partial charge in [0.1, 0.15) is 23.0 Å². The molecule has 0 aromatic carbocycles. The van der Waals surface area contributed by atoms with E-state index in [0.717, 1.165) is 57.8 Å². The van der Waals surface area contributed by atoms with Gasteiger partial charge in [0.15, 0.2) is 0 Å². The van der Waals surface area contributed by atoms with E-state index in [1.807, 2.05) is 18.3 Å². The first-order valence-corrected chi connectivity index (χ1v) is 10.5. The Hall–Kier alpha value is -2.97. The summed E-state index contributed by atoms with van der Waals surface area (Å²) in [7, 11) is 0. The molecule has 8 heteroatoms. The van der Waals surface area contributed by atoms with Crippen molar-refractivity contribution in [2.24, 2.45) is 0 Å². The van der Waals surface area contributed by atoms with Crippen LogP contribution in [0.2, 0.25) is 0 Å². The molecule has 0 saturated carbocycles. The van der Waals surface area contributed by atoms with E-state index in [-0.39, 0.29) is 0 Å². The van der Waals surface area contributed by atoms with Crippen LogP contribution in [0.4, 0.5) is 11.6 Å². The first-order chi connectivity index (χ1) is 14.2. The molecule has 0 radical (unpaired) electrons. The molecule has 0 unspecified atom stereocenters. The van der Waals surface area contributed by atoms with Crippen molar-refractivity contribution < 1.29 is 0 Å². The zero-order chi connectivity index (χ0) is 19.6. The lowest BCUT2D eigenvalue weighted by atomic mass is 10.2. The van der Waals surface area contributed by atoms with E-state index >= 15 is 0 Å². The molecular weight excluding hydrogens is 382 g/mol. The number of anilines is 2. The highest BCUT2D eigenvalue weighted by atomic mass is 32.1. The minimum absolute atomic E-state index is 0.738. The Balaban J connectivity index is 1.38. The summed E-state index contributed by atoms with van der Waals surface area (Å²) >= 11 is 1.58. The zero-order valence-corrected chi connectivity index (χ0v) is 17.0. The van der Waals surface area contributed by atoms with Crippen molar-refractivity contribution in [1.82, 2.24) is 29.8 Å². The van der Waals surface area contributed by atoms with Gasteiger partial charge in [-0.15, -0.1) is 11.3 Å². The third kappa shape index (κ3) is 3.94. The zero-order valence-electron chi connectivity index (χ0n) is 16.2. The monoisotopic (exact) mass is 403 g/mol. The Morgan fingerprint density at radius 3 is 2.69 bits per heavy atom. The minimum Gasteiger partial charge on any atom is -0.325 e. The molecular formula is C21H21N7S. The fourth-order valence-corrected chi connectivity index (χ4v) is 4.41. The van der Waals surface area contributed by atoms with Gasteiger partial charge in [0.2, 0.25) is 0 Å². The van der Waals surface area contributed by atoms with Crippen LogP contribution in [0, 0.1) is 6.92 Å². The number of aryl methyl sites for hydroxylation is 1. The average Bonchev–Trinajstić information content (AvgIpc) is 3.40. The van der Waals surface area contributed by atoms with Gasteiger partial charge in [0.25, 0.3) is 0 Å². The molecule has 0 aliphatic carbocycles. The third-order valence-electron chi connectivity index (χ3n) is 5.11. The Morgan fingerprint density at radius 2 is 1.86 bits per heavy atom. The fourth-order valence-electron chi connectivity index (χ4n) is 3.52. The van der Waals surface area contributed by atoms with Gasteiger partial charge >= 0.3 is 0 Å². The number of hydrogen-bond acceptors (Lipinski definition) is 8. The summed E-state index contributed by atoms with van der Waals surface area (Å²) in [5.74, 6) is 1.55. The Morgan fingerprint density at radius 1 is 1.03 bits per heavy atom. The highest BCUT2D eigenvalue weighted by Gasteiger charge is 2.14. The second kappa shape index (κ2) is 7.81. The van der Waals surface area contributed by atoms with Gasteiger partial charge in [-0.05, 0) is 44.5 Å². The first-order valence-electron chi connectivity index (χ1n) is 9.72. The van der Waals surface area contributed by atoms with E-state index in [1.165, 1.54) is 24.7 Å². The molecule has 0 atom stereocenters. The molecule has 1 aliphatic heterocycles. The van der Waals surface area contributed by atoms with Crippen LogP contribution < -0.4 is 5.32 Å². The summed E-state index contributed by atoms with van der Waals surface area (Å²) in [4.78, 5) is 24.7. The van der Waals surface area contributed by atoms with Gasteiger partial charge in [-0.1, -0.05) is 6.07 Å². The molecule has 0 amide bonds. The number of rotatable bonds is 5. The number of thiazole rings is 1. The lowest BCUT2D eigenvalue weighted by molar-refractivity contribution is 0.326. The van der Waals surface area contributed by atoms with Crippen LogP contribution in [0.15, 0.2) is 43.1 Å². The topological polar surface area (TPSA) is 79.7 Å². The van der Waals surface area contributed by atoms with Crippen molar-refractivity contribution in [3.05, 3.63) is 54.4 Å². The molecule has 1 saturated heterocycles. The summed E-state index contributed by atoms with van der Waals surface area (Å²) < 4.78 is 1.03. The van der Waals surface area contributed by atoms with Crippen LogP contribution >= 0.6 is 11.3 Å². The summed E-state index contributed by atoms with van der Waals surface area (Å²) in [6.45, 7) is 5.35. The van der Waals surface area contributed by atoms with E-state index < -0.39 is 0 Å². The van der Waals surface area contributed by atoms with Crippen LogP contribution in [-0.2, 0) is 6.54 Å². The number of likely N-dealkylation sites (tertiary alicyclic amines) is 1. The lowest BCUT2D eigenvalue weighted by Gasteiger charge is -2.16. The Bertz CT molecular complexity index is 1140. The molecule has 4 aromatic heterocycles. The predicted molar refractivity (Wildman–Crippen MR) is 115 cm³/mol. The molecule has 0 spiro atoms. The molecule has 5 rings (SSSR count). The van der Waals surface area contributed by atoms with Crippen molar-refractivity contribution >= 4 is 33.2 Å². The van der Waals surface area contributed by atoms with Crippen LogP contribution in [0.3, 0.4) is 0 Å². The van der Waals surface area contributed by atoms with Crippen LogP contribution in [0.25, 0.3) is 20.8 Å². The maximum atomic E-state index is 4.84. The van der Waals surface area contributed by atoms with Gasteiger partial charge in [-0.25, -0.2) is 24.9 Å². The standard InChI is InChI=1S/C21H21N7S/c1-14-4-5-19(25-17(14)12-28-6-2-3-7-28)27-20-8-16-18(11-24-20)29-21(26-16)15-9-22-13-23-10-15/h4-5,8-11,13H,2-3,6-7,12H2,1H3,(H,24,25,27). The van der Waals surface area contributed by atoms with Crippen molar-refractivity contribution in [3.63, 3.8) is 0 Å². The van der Waals surface area contributed by atoms with Crippen molar-refractivity contribution in [2.75, 3.05) is 18.4 Å². The summed E-state index contributed by atoms with van der Waals surface area (Å²) in [6.07, 6.45) is 9.48. The molecule has 5 heterocycles. The van der Waals surface area contributed by atoms with Gasteiger partial charge in [0, 0.05) is 36.8 Å². The van der Waals surface area contributed by atoms with Gasteiger partial charge in [-0.3, -0.25) is 4.90 Å². The Kier molecular flexibility index (Phi) is 4.87. The molecule has 1 fully saturated rings.